The second-order valence-corrected chi connectivity index (χ2v) is 8.07. The number of aromatic nitrogens is 1. The minimum absolute atomic E-state index is 0.00725. The Morgan fingerprint density at radius 3 is 2.62 bits per heavy atom. The van der Waals surface area contributed by atoms with Crippen LogP contribution in [0.3, 0.4) is 0 Å². The third-order valence-corrected chi connectivity index (χ3v) is 6.06. The lowest BCUT2D eigenvalue weighted by Gasteiger charge is -2.28. The molecule has 1 nitrogen and oxygen atoms in total. The van der Waals surface area contributed by atoms with Crippen LogP contribution < -0.4 is 0 Å². The summed E-state index contributed by atoms with van der Waals surface area (Å²) >= 11 is 0. The van der Waals surface area contributed by atoms with Gasteiger partial charge in [-0.15, -0.1) is 0 Å². The number of H-pyrrole nitrogens is 1. The Morgan fingerprint density at radius 1 is 0.923 bits per heavy atom. The van der Waals surface area contributed by atoms with Crippen molar-refractivity contribution in [2.45, 2.75) is 32.6 Å². The minimum atomic E-state index is 0.00725. The number of fused-ring (bicyclic) bond motifs is 3. The number of hydrogen-bond acceptors (Lipinski definition) is 0. The van der Waals surface area contributed by atoms with Crippen LogP contribution in [-0.2, 0) is 11.8 Å². The normalized spacial score (nSPS) is 14.0. The summed E-state index contributed by atoms with van der Waals surface area (Å²) in [4.78, 5) is 3.40. The molecule has 0 unspecified atom stereocenters. The Kier molecular flexibility index (Phi) is 3.18. The van der Waals surface area contributed by atoms with Gasteiger partial charge in [-0.2, -0.15) is 0 Å². The van der Waals surface area contributed by atoms with Crippen molar-refractivity contribution in [3.63, 3.8) is 0 Å². The summed E-state index contributed by atoms with van der Waals surface area (Å²) in [5.41, 5.74) is 8.39. The van der Waals surface area contributed by atoms with Crippen molar-refractivity contribution in [2.24, 2.45) is 0 Å². The molecule has 0 bridgehead atoms. The van der Waals surface area contributed by atoms with E-state index in [1.54, 1.807) is 0 Å². The molecule has 1 aliphatic carbocycles. The van der Waals surface area contributed by atoms with Gasteiger partial charge in [0.1, 0.15) is 0 Å². The lowest BCUT2D eigenvalue weighted by molar-refractivity contribution is 0.618. The van der Waals surface area contributed by atoms with Crippen molar-refractivity contribution >= 4 is 27.8 Å². The molecule has 5 rings (SSSR count). The highest BCUT2D eigenvalue weighted by atomic mass is 14.6. The highest BCUT2D eigenvalue weighted by Gasteiger charge is 2.32. The first-order valence-corrected chi connectivity index (χ1v) is 9.34. The average molecular weight is 337 g/mol. The van der Waals surface area contributed by atoms with Gasteiger partial charge >= 0.3 is 0 Å². The highest BCUT2D eigenvalue weighted by molar-refractivity contribution is 6.01. The van der Waals surface area contributed by atoms with Crippen molar-refractivity contribution in [2.75, 3.05) is 0 Å². The first-order chi connectivity index (χ1) is 12.5. The smallest absolute Gasteiger partial charge is 0.0459 e. The van der Waals surface area contributed by atoms with Crippen LogP contribution in [0.2, 0.25) is 0 Å². The molecule has 1 heterocycles. The van der Waals surface area contributed by atoms with Crippen molar-refractivity contribution in [1.82, 2.24) is 4.98 Å². The Hall–Kier alpha value is -2.80. The summed E-state index contributed by atoms with van der Waals surface area (Å²) in [5, 5.41) is 3.98. The number of aromatic amines is 1. The van der Waals surface area contributed by atoms with Gasteiger partial charge in [-0.1, -0.05) is 61.9 Å². The van der Waals surface area contributed by atoms with Crippen LogP contribution in [0.15, 0.2) is 66.4 Å². The molecule has 0 saturated heterocycles. The number of pyridine rings is 1. The van der Waals surface area contributed by atoms with Gasteiger partial charge in [-0.05, 0) is 70.0 Å². The summed E-state index contributed by atoms with van der Waals surface area (Å²) in [6.07, 6.45) is 5.46. The number of nitrogens with one attached hydrogen (secondary N) is 1. The molecule has 0 aliphatic heterocycles. The lowest BCUT2D eigenvalue weighted by Crippen LogP contribution is -2.21. The zero-order valence-corrected chi connectivity index (χ0v) is 15.6. The Labute approximate surface area is 154 Å². The number of aryl methyl sites for hydroxylation is 1. The molecule has 0 spiro atoms. The molecule has 0 radical (unpaired) electrons. The fourth-order valence-electron chi connectivity index (χ4n) is 4.71. The number of hydrogen-bond donors (Lipinski definition) is 1. The molecule has 0 amide bonds. The van der Waals surface area contributed by atoms with E-state index in [0.29, 0.717) is 0 Å². The number of rotatable bonds is 2. The van der Waals surface area contributed by atoms with Crippen LogP contribution in [0.4, 0.5) is 0 Å². The van der Waals surface area contributed by atoms with Crippen molar-refractivity contribution < 1.29 is 0 Å². The van der Waals surface area contributed by atoms with Crippen LogP contribution in [0.25, 0.3) is 27.8 Å². The maximum atomic E-state index is 3.40. The number of benzene rings is 2. The largest absolute Gasteiger partial charge is 0.361 e. The van der Waals surface area contributed by atoms with E-state index in [-0.39, 0.29) is 5.41 Å². The molecule has 128 valence electrons. The second kappa shape index (κ2) is 5.35. The average Bonchev–Trinajstić information content (AvgIpc) is 3.20. The molecular formula is C25H23N. The zero-order valence-electron chi connectivity index (χ0n) is 15.6. The van der Waals surface area contributed by atoms with Gasteiger partial charge in [0.25, 0.3) is 0 Å². The van der Waals surface area contributed by atoms with E-state index in [1.165, 1.54) is 49.5 Å². The van der Waals surface area contributed by atoms with Gasteiger partial charge in [0.05, 0.1) is 0 Å². The van der Waals surface area contributed by atoms with E-state index in [0.717, 1.165) is 6.42 Å². The fourth-order valence-corrected chi connectivity index (χ4v) is 4.71. The molecular weight excluding hydrogens is 314 g/mol. The first-order valence-electron chi connectivity index (χ1n) is 9.34. The molecule has 26 heavy (non-hydrogen) atoms. The summed E-state index contributed by atoms with van der Waals surface area (Å²) in [6.45, 7) is 7.02. The topological polar surface area (TPSA) is 15.8 Å². The van der Waals surface area contributed by atoms with E-state index in [2.05, 4.69) is 86.4 Å². The first kappa shape index (κ1) is 15.5. The SMILES string of the molecule is Cc1cc2cc3ccc[nH]c3cc2c1C(C)(C)C1=Cc2ccccc2C1. The molecule has 1 aromatic heterocycles. The predicted octanol–water partition coefficient (Wildman–Crippen LogP) is 6.55. The van der Waals surface area contributed by atoms with Gasteiger partial charge in [0, 0.05) is 17.1 Å². The summed E-state index contributed by atoms with van der Waals surface area (Å²) in [7, 11) is 0. The van der Waals surface area contributed by atoms with Crippen LogP contribution in [-0.4, -0.2) is 4.98 Å². The maximum absolute atomic E-state index is 3.40. The molecule has 0 atom stereocenters. The summed E-state index contributed by atoms with van der Waals surface area (Å²) in [5.74, 6) is 0. The van der Waals surface area contributed by atoms with Gasteiger partial charge in [0.2, 0.25) is 0 Å². The van der Waals surface area contributed by atoms with Crippen molar-refractivity contribution in [3.05, 3.63) is 88.6 Å². The van der Waals surface area contributed by atoms with Crippen LogP contribution in [0.5, 0.6) is 0 Å². The standard InChI is InChI=1S/C25H23N/c1-16-11-20-12-19-9-6-10-26-23(19)15-22(20)24(16)25(2,3)21-13-17-7-4-5-8-18(17)14-21/h4-13,15,26H,14H2,1-3H3. The third-order valence-electron chi connectivity index (χ3n) is 6.06. The second-order valence-electron chi connectivity index (χ2n) is 8.07. The number of allylic oxidation sites excluding steroid dienone is 1. The minimum Gasteiger partial charge on any atom is -0.361 e. The molecule has 1 N–H and O–H groups in total. The maximum Gasteiger partial charge on any atom is 0.0459 e. The predicted molar refractivity (Wildman–Crippen MR) is 112 cm³/mol. The van der Waals surface area contributed by atoms with E-state index in [9.17, 15) is 0 Å². The summed E-state index contributed by atoms with van der Waals surface area (Å²) < 4.78 is 0. The molecule has 0 saturated carbocycles. The van der Waals surface area contributed by atoms with Crippen LogP contribution >= 0.6 is 0 Å². The zero-order chi connectivity index (χ0) is 17.9. The van der Waals surface area contributed by atoms with E-state index in [1.807, 2.05) is 6.20 Å². The van der Waals surface area contributed by atoms with Crippen molar-refractivity contribution in [3.8, 4) is 0 Å². The van der Waals surface area contributed by atoms with Gasteiger partial charge < -0.3 is 4.98 Å². The molecule has 0 fully saturated rings. The van der Waals surface area contributed by atoms with Gasteiger partial charge in [-0.3, -0.25) is 0 Å². The Morgan fingerprint density at radius 2 is 1.77 bits per heavy atom. The van der Waals surface area contributed by atoms with E-state index < -0.39 is 0 Å². The quantitative estimate of drug-likeness (QED) is 0.427. The fraction of sp³-hybridized carbons (Fsp3) is 0.200. The Balaban J connectivity index is 1.71. The van der Waals surface area contributed by atoms with Gasteiger partial charge in [-0.25, -0.2) is 0 Å². The van der Waals surface area contributed by atoms with E-state index >= 15 is 0 Å². The van der Waals surface area contributed by atoms with Gasteiger partial charge in [0.15, 0.2) is 0 Å². The summed E-state index contributed by atoms with van der Waals surface area (Å²) in [6, 6.07) is 20.0. The van der Waals surface area contributed by atoms with Crippen molar-refractivity contribution in [1.29, 1.82) is 0 Å². The van der Waals surface area contributed by atoms with Crippen LogP contribution in [0.1, 0.15) is 36.1 Å². The third kappa shape index (κ3) is 2.17. The Bertz CT molecular complexity index is 1190. The van der Waals surface area contributed by atoms with E-state index in [4.69, 9.17) is 0 Å². The monoisotopic (exact) mass is 337 g/mol. The highest BCUT2D eigenvalue weighted by Crippen LogP contribution is 2.44. The molecule has 1 heteroatoms. The van der Waals surface area contributed by atoms with Crippen LogP contribution in [0, 0.1) is 6.92 Å². The molecule has 4 aromatic rings. The lowest BCUT2D eigenvalue weighted by atomic mass is 9.75. The molecule has 1 aliphatic rings. The molecule has 3 aromatic carbocycles.